The molecule has 0 spiro atoms. The first-order valence-electron chi connectivity index (χ1n) is 7.80. The predicted octanol–water partition coefficient (Wildman–Crippen LogP) is 5.49. The minimum Gasteiger partial charge on any atom is -0.481 e. The zero-order valence-corrected chi connectivity index (χ0v) is 12.4. The summed E-state index contributed by atoms with van der Waals surface area (Å²) >= 11 is 0. The molecule has 2 heteroatoms. The van der Waals surface area contributed by atoms with Crippen LogP contribution < -0.4 is 0 Å². The van der Waals surface area contributed by atoms with Gasteiger partial charge in [0.25, 0.3) is 0 Å². The molecule has 0 aromatic rings. The second kappa shape index (κ2) is 15.0. The first-order chi connectivity index (χ1) is 9.27. The first kappa shape index (κ1) is 17.9. The monoisotopic (exact) mass is 266 g/mol. The Morgan fingerprint density at radius 1 is 0.842 bits per heavy atom. The van der Waals surface area contributed by atoms with Crippen molar-refractivity contribution in [3.8, 4) is 0 Å². The quantitative estimate of drug-likeness (QED) is 0.353. The number of rotatable bonds is 13. The van der Waals surface area contributed by atoms with Gasteiger partial charge in [0.1, 0.15) is 0 Å². The second-order valence-corrected chi connectivity index (χ2v) is 5.05. The molecule has 0 amide bonds. The van der Waals surface area contributed by atoms with Gasteiger partial charge in [0, 0.05) is 6.42 Å². The van der Waals surface area contributed by atoms with Crippen molar-refractivity contribution in [1.29, 1.82) is 0 Å². The zero-order chi connectivity index (χ0) is 14.2. The average molecular weight is 266 g/mol. The van der Waals surface area contributed by atoms with E-state index < -0.39 is 5.97 Å². The summed E-state index contributed by atoms with van der Waals surface area (Å²) in [5, 5.41) is 8.47. The van der Waals surface area contributed by atoms with Crippen molar-refractivity contribution < 1.29 is 9.90 Å². The SMILES string of the molecule is CCCCCCCCC/C=C/C=C/CCCC(=O)O. The Morgan fingerprint density at radius 2 is 1.37 bits per heavy atom. The van der Waals surface area contributed by atoms with E-state index >= 15 is 0 Å². The Labute approximate surface area is 118 Å². The molecule has 2 nitrogen and oxygen atoms in total. The fourth-order valence-electron chi connectivity index (χ4n) is 1.94. The van der Waals surface area contributed by atoms with Crippen LogP contribution in [0.4, 0.5) is 0 Å². The highest BCUT2D eigenvalue weighted by molar-refractivity contribution is 5.66. The third-order valence-electron chi connectivity index (χ3n) is 3.12. The molecule has 0 rings (SSSR count). The van der Waals surface area contributed by atoms with Crippen molar-refractivity contribution in [3.63, 3.8) is 0 Å². The van der Waals surface area contributed by atoms with Crippen molar-refractivity contribution in [2.75, 3.05) is 0 Å². The predicted molar refractivity (Wildman–Crippen MR) is 82.4 cm³/mol. The van der Waals surface area contributed by atoms with Gasteiger partial charge in [-0.25, -0.2) is 0 Å². The number of aliphatic carboxylic acids is 1. The molecule has 19 heavy (non-hydrogen) atoms. The number of carbonyl (C=O) groups is 1. The normalized spacial score (nSPS) is 11.6. The van der Waals surface area contributed by atoms with E-state index in [9.17, 15) is 4.79 Å². The van der Waals surface area contributed by atoms with Crippen molar-refractivity contribution in [2.24, 2.45) is 0 Å². The van der Waals surface area contributed by atoms with Gasteiger partial charge in [-0.15, -0.1) is 0 Å². The summed E-state index contributed by atoms with van der Waals surface area (Å²) in [6.07, 6.45) is 20.9. The van der Waals surface area contributed by atoms with Crippen LogP contribution in [-0.2, 0) is 4.79 Å². The van der Waals surface area contributed by atoms with Crippen LogP contribution in [0, 0.1) is 0 Å². The van der Waals surface area contributed by atoms with Gasteiger partial charge in [0.05, 0.1) is 0 Å². The van der Waals surface area contributed by atoms with Gasteiger partial charge in [-0.3, -0.25) is 4.79 Å². The molecule has 0 aliphatic heterocycles. The summed E-state index contributed by atoms with van der Waals surface area (Å²) < 4.78 is 0. The summed E-state index contributed by atoms with van der Waals surface area (Å²) in [4.78, 5) is 10.3. The molecule has 0 aliphatic rings. The zero-order valence-electron chi connectivity index (χ0n) is 12.4. The lowest BCUT2D eigenvalue weighted by molar-refractivity contribution is -0.137. The molecule has 0 aromatic carbocycles. The lowest BCUT2D eigenvalue weighted by atomic mass is 10.1. The van der Waals surface area contributed by atoms with Crippen LogP contribution in [0.2, 0.25) is 0 Å². The van der Waals surface area contributed by atoms with Crippen molar-refractivity contribution in [3.05, 3.63) is 24.3 Å². The van der Waals surface area contributed by atoms with Gasteiger partial charge in [-0.05, 0) is 25.7 Å². The van der Waals surface area contributed by atoms with Crippen molar-refractivity contribution in [2.45, 2.75) is 77.6 Å². The molecule has 0 aromatic heterocycles. The number of carboxylic acid groups (broad SMARTS) is 1. The molecule has 0 radical (unpaired) electrons. The van der Waals surface area contributed by atoms with E-state index in [4.69, 9.17) is 5.11 Å². The molecule has 0 atom stereocenters. The van der Waals surface area contributed by atoms with Gasteiger partial charge in [0.2, 0.25) is 0 Å². The summed E-state index contributed by atoms with van der Waals surface area (Å²) in [6, 6.07) is 0. The lowest BCUT2D eigenvalue weighted by Gasteiger charge is -1.98. The second-order valence-electron chi connectivity index (χ2n) is 5.05. The highest BCUT2D eigenvalue weighted by Gasteiger charge is 1.92. The fourth-order valence-corrected chi connectivity index (χ4v) is 1.94. The minimum atomic E-state index is -0.706. The Kier molecular flexibility index (Phi) is 14.2. The molecule has 0 heterocycles. The molecule has 1 N–H and O–H groups in total. The van der Waals surface area contributed by atoms with Crippen LogP contribution in [0.25, 0.3) is 0 Å². The molecule has 0 saturated carbocycles. The van der Waals surface area contributed by atoms with Crippen LogP contribution in [0.3, 0.4) is 0 Å². The summed E-state index contributed by atoms with van der Waals surface area (Å²) in [5.41, 5.74) is 0. The molecule has 0 saturated heterocycles. The van der Waals surface area contributed by atoms with Gasteiger partial charge in [-0.1, -0.05) is 69.8 Å². The smallest absolute Gasteiger partial charge is 0.303 e. The molecule has 0 fully saturated rings. The summed E-state index contributed by atoms with van der Waals surface area (Å²) in [6.45, 7) is 2.25. The first-order valence-corrected chi connectivity index (χ1v) is 7.80. The number of unbranched alkanes of at least 4 members (excludes halogenated alkanes) is 8. The standard InChI is InChI=1S/C17H30O2/c1-2-3-4-5-6-7-8-9-10-11-12-13-14-15-16-17(18)19/h10-13H,2-9,14-16H2,1H3,(H,18,19)/b11-10+,13-12+. The highest BCUT2D eigenvalue weighted by Crippen LogP contribution is 2.08. The maximum atomic E-state index is 10.3. The van der Waals surface area contributed by atoms with E-state index in [0.717, 1.165) is 19.3 Å². The van der Waals surface area contributed by atoms with E-state index in [0.29, 0.717) is 0 Å². The van der Waals surface area contributed by atoms with Crippen molar-refractivity contribution in [1.82, 2.24) is 0 Å². The summed E-state index contributed by atoms with van der Waals surface area (Å²) in [7, 11) is 0. The molecular weight excluding hydrogens is 236 g/mol. The average Bonchev–Trinajstić information content (AvgIpc) is 2.39. The third kappa shape index (κ3) is 16.9. The molecule has 0 bridgehead atoms. The van der Waals surface area contributed by atoms with Crippen molar-refractivity contribution >= 4 is 5.97 Å². The molecule has 110 valence electrons. The largest absolute Gasteiger partial charge is 0.481 e. The molecular formula is C17H30O2. The number of hydrogen-bond donors (Lipinski definition) is 1. The Balaban J connectivity index is 3.20. The lowest BCUT2D eigenvalue weighted by Crippen LogP contribution is -1.92. The van der Waals surface area contributed by atoms with E-state index in [1.165, 1.54) is 44.9 Å². The highest BCUT2D eigenvalue weighted by atomic mass is 16.4. The summed E-state index contributed by atoms with van der Waals surface area (Å²) in [5.74, 6) is -0.706. The van der Waals surface area contributed by atoms with Crippen LogP contribution >= 0.6 is 0 Å². The Morgan fingerprint density at radius 3 is 1.95 bits per heavy atom. The minimum absolute atomic E-state index is 0.270. The molecule has 0 unspecified atom stereocenters. The van der Waals surface area contributed by atoms with Gasteiger partial charge >= 0.3 is 5.97 Å². The maximum absolute atomic E-state index is 10.3. The van der Waals surface area contributed by atoms with Crippen LogP contribution in [0.5, 0.6) is 0 Å². The molecule has 0 aliphatic carbocycles. The van der Waals surface area contributed by atoms with Gasteiger partial charge in [-0.2, -0.15) is 0 Å². The van der Waals surface area contributed by atoms with Gasteiger partial charge in [0.15, 0.2) is 0 Å². The topological polar surface area (TPSA) is 37.3 Å². The number of carboxylic acids is 1. The van der Waals surface area contributed by atoms with Crippen LogP contribution in [0.1, 0.15) is 77.6 Å². The van der Waals surface area contributed by atoms with Crippen LogP contribution in [0.15, 0.2) is 24.3 Å². The van der Waals surface area contributed by atoms with Gasteiger partial charge < -0.3 is 5.11 Å². The van der Waals surface area contributed by atoms with E-state index in [1.807, 2.05) is 12.2 Å². The maximum Gasteiger partial charge on any atom is 0.303 e. The van der Waals surface area contributed by atoms with E-state index in [-0.39, 0.29) is 6.42 Å². The number of hydrogen-bond acceptors (Lipinski definition) is 1. The van der Waals surface area contributed by atoms with E-state index in [2.05, 4.69) is 19.1 Å². The Bertz CT molecular complexity index is 254. The number of allylic oxidation sites excluding steroid dienone is 4. The van der Waals surface area contributed by atoms with E-state index in [1.54, 1.807) is 0 Å². The fraction of sp³-hybridized carbons (Fsp3) is 0.706. The van der Waals surface area contributed by atoms with Crippen LogP contribution in [-0.4, -0.2) is 11.1 Å². The Hall–Kier alpha value is -1.05. The third-order valence-corrected chi connectivity index (χ3v) is 3.12.